The first-order valence-corrected chi connectivity index (χ1v) is 5.69. The Morgan fingerprint density at radius 2 is 2.00 bits per heavy atom. The summed E-state index contributed by atoms with van der Waals surface area (Å²) in [7, 11) is 1.28. The SMILES string of the molecule is COC(=O)COc1ccccc1C(=O)CBr. The van der Waals surface area contributed by atoms with Gasteiger partial charge in [-0.05, 0) is 12.1 Å². The van der Waals surface area contributed by atoms with Crippen molar-refractivity contribution in [3.05, 3.63) is 29.8 Å². The number of rotatable bonds is 5. The van der Waals surface area contributed by atoms with E-state index in [1.165, 1.54) is 7.11 Å². The third-order valence-electron chi connectivity index (χ3n) is 1.88. The second-order valence-corrected chi connectivity index (χ2v) is 3.48. The number of alkyl halides is 1. The molecule has 0 N–H and O–H groups in total. The summed E-state index contributed by atoms with van der Waals surface area (Å²) >= 11 is 3.08. The number of halogens is 1. The van der Waals surface area contributed by atoms with Gasteiger partial charge in [0.2, 0.25) is 0 Å². The van der Waals surface area contributed by atoms with E-state index in [0.717, 1.165) is 0 Å². The predicted molar refractivity (Wildman–Crippen MR) is 62.1 cm³/mol. The van der Waals surface area contributed by atoms with Crippen LogP contribution in [0.25, 0.3) is 0 Å². The number of Topliss-reactive ketones (excluding diaryl/α,β-unsaturated/α-hetero) is 1. The minimum atomic E-state index is -0.485. The van der Waals surface area contributed by atoms with Gasteiger partial charge in [0.15, 0.2) is 12.4 Å². The van der Waals surface area contributed by atoms with Gasteiger partial charge in [-0.15, -0.1) is 0 Å². The first-order chi connectivity index (χ1) is 7.69. The lowest BCUT2D eigenvalue weighted by Crippen LogP contribution is -2.14. The van der Waals surface area contributed by atoms with Crippen LogP contribution in [0.1, 0.15) is 10.4 Å². The van der Waals surface area contributed by atoms with Crippen molar-refractivity contribution in [2.45, 2.75) is 0 Å². The number of hydrogen-bond acceptors (Lipinski definition) is 4. The van der Waals surface area contributed by atoms with Crippen molar-refractivity contribution in [1.82, 2.24) is 0 Å². The molecule has 0 aromatic heterocycles. The van der Waals surface area contributed by atoms with Crippen LogP contribution in [0.4, 0.5) is 0 Å². The molecule has 0 aliphatic rings. The standard InChI is InChI=1S/C11H11BrO4/c1-15-11(14)7-16-10-5-3-2-4-8(10)9(13)6-12/h2-5H,6-7H2,1H3. The van der Waals surface area contributed by atoms with E-state index in [4.69, 9.17) is 4.74 Å². The van der Waals surface area contributed by atoms with Crippen molar-refractivity contribution in [3.8, 4) is 5.75 Å². The number of hydrogen-bond donors (Lipinski definition) is 0. The van der Waals surface area contributed by atoms with Gasteiger partial charge >= 0.3 is 5.97 Å². The molecule has 0 saturated carbocycles. The Balaban J connectivity index is 2.79. The van der Waals surface area contributed by atoms with Crippen LogP contribution in [0.2, 0.25) is 0 Å². The average Bonchev–Trinajstić information content (AvgIpc) is 2.35. The first kappa shape index (κ1) is 12.7. The number of ketones is 1. The first-order valence-electron chi connectivity index (χ1n) is 4.57. The van der Waals surface area contributed by atoms with Crippen molar-refractivity contribution < 1.29 is 19.1 Å². The van der Waals surface area contributed by atoms with Crippen LogP contribution in [-0.4, -0.2) is 30.8 Å². The van der Waals surface area contributed by atoms with Gasteiger partial charge in [0.1, 0.15) is 5.75 Å². The van der Waals surface area contributed by atoms with Crippen LogP contribution < -0.4 is 4.74 Å². The zero-order valence-corrected chi connectivity index (χ0v) is 10.3. The van der Waals surface area contributed by atoms with E-state index in [0.29, 0.717) is 11.3 Å². The lowest BCUT2D eigenvalue weighted by molar-refractivity contribution is -0.142. The second kappa shape index (κ2) is 6.27. The predicted octanol–water partition coefficient (Wildman–Crippen LogP) is 1.82. The van der Waals surface area contributed by atoms with Crippen molar-refractivity contribution in [2.24, 2.45) is 0 Å². The fourth-order valence-corrected chi connectivity index (χ4v) is 1.39. The van der Waals surface area contributed by atoms with Crippen molar-refractivity contribution in [3.63, 3.8) is 0 Å². The van der Waals surface area contributed by atoms with Gasteiger partial charge in [0, 0.05) is 0 Å². The molecule has 16 heavy (non-hydrogen) atoms. The Hall–Kier alpha value is -1.36. The molecule has 0 atom stereocenters. The van der Waals surface area contributed by atoms with Gasteiger partial charge in [-0.3, -0.25) is 4.79 Å². The van der Waals surface area contributed by atoms with Gasteiger partial charge in [0.25, 0.3) is 0 Å². The van der Waals surface area contributed by atoms with Gasteiger partial charge < -0.3 is 9.47 Å². The molecule has 0 aliphatic heterocycles. The number of ether oxygens (including phenoxy) is 2. The number of carbonyl (C=O) groups is 2. The highest BCUT2D eigenvalue weighted by atomic mass is 79.9. The molecular formula is C11H11BrO4. The molecule has 0 heterocycles. The number of esters is 1. The minimum Gasteiger partial charge on any atom is -0.481 e. The summed E-state index contributed by atoms with van der Waals surface area (Å²) in [5, 5.41) is 0.214. The molecule has 0 spiro atoms. The van der Waals surface area contributed by atoms with Crippen molar-refractivity contribution >= 4 is 27.7 Å². The highest BCUT2D eigenvalue weighted by molar-refractivity contribution is 9.09. The maximum absolute atomic E-state index is 11.5. The van der Waals surface area contributed by atoms with E-state index in [9.17, 15) is 9.59 Å². The Labute approximate surface area is 102 Å². The maximum Gasteiger partial charge on any atom is 0.343 e. The lowest BCUT2D eigenvalue weighted by Gasteiger charge is -2.08. The fourth-order valence-electron chi connectivity index (χ4n) is 1.09. The average molecular weight is 287 g/mol. The maximum atomic E-state index is 11.5. The Bertz CT molecular complexity index is 389. The summed E-state index contributed by atoms with van der Waals surface area (Å²) in [6.45, 7) is -0.205. The Kier molecular flexibility index (Phi) is 4.98. The van der Waals surface area contributed by atoms with Crippen molar-refractivity contribution in [1.29, 1.82) is 0 Å². The zero-order chi connectivity index (χ0) is 12.0. The molecule has 1 aromatic carbocycles. The van der Waals surface area contributed by atoms with Crippen molar-refractivity contribution in [2.75, 3.05) is 19.0 Å². The Morgan fingerprint density at radius 1 is 1.31 bits per heavy atom. The quantitative estimate of drug-likeness (QED) is 0.471. The van der Waals surface area contributed by atoms with Gasteiger partial charge in [-0.2, -0.15) is 0 Å². The topological polar surface area (TPSA) is 52.6 Å². The van der Waals surface area contributed by atoms with Gasteiger partial charge in [0.05, 0.1) is 18.0 Å². The van der Waals surface area contributed by atoms with E-state index < -0.39 is 5.97 Å². The molecule has 4 nitrogen and oxygen atoms in total. The van der Waals surface area contributed by atoms with Gasteiger partial charge in [-0.25, -0.2) is 4.79 Å². The molecule has 0 aliphatic carbocycles. The molecule has 0 fully saturated rings. The van der Waals surface area contributed by atoms with Crippen LogP contribution in [-0.2, 0) is 9.53 Å². The molecule has 1 aromatic rings. The smallest absolute Gasteiger partial charge is 0.343 e. The third-order valence-corrected chi connectivity index (χ3v) is 2.39. The van der Waals surface area contributed by atoms with Crippen LogP contribution in [0.15, 0.2) is 24.3 Å². The summed E-state index contributed by atoms with van der Waals surface area (Å²) in [4.78, 5) is 22.4. The molecule has 1 rings (SSSR count). The largest absolute Gasteiger partial charge is 0.481 e. The van der Waals surface area contributed by atoms with Crippen LogP contribution in [0.3, 0.4) is 0 Å². The highest BCUT2D eigenvalue weighted by Crippen LogP contribution is 2.19. The summed E-state index contributed by atoms with van der Waals surface area (Å²) < 4.78 is 9.64. The molecule has 0 amide bonds. The third kappa shape index (κ3) is 3.34. The fraction of sp³-hybridized carbons (Fsp3) is 0.273. The molecule has 0 radical (unpaired) electrons. The summed E-state index contributed by atoms with van der Waals surface area (Å²) in [6.07, 6.45) is 0. The molecule has 0 unspecified atom stereocenters. The zero-order valence-electron chi connectivity index (χ0n) is 8.73. The summed E-state index contributed by atoms with van der Waals surface area (Å²) in [6, 6.07) is 6.76. The number of carbonyl (C=O) groups excluding carboxylic acids is 2. The van der Waals surface area contributed by atoms with E-state index >= 15 is 0 Å². The van der Waals surface area contributed by atoms with E-state index in [2.05, 4.69) is 20.7 Å². The van der Waals surface area contributed by atoms with E-state index in [1.54, 1.807) is 24.3 Å². The molecule has 0 bridgehead atoms. The molecular weight excluding hydrogens is 276 g/mol. The van der Waals surface area contributed by atoms with Gasteiger partial charge in [-0.1, -0.05) is 28.1 Å². The lowest BCUT2D eigenvalue weighted by atomic mass is 10.1. The van der Waals surface area contributed by atoms with E-state index in [-0.39, 0.29) is 17.7 Å². The normalized spacial score (nSPS) is 9.62. The van der Waals surface area contributed by atoms with Crippen LogP contribution in [0.5, 0.6) is 5.75 Å². The molecule has 86 valence electrons. The van der Waals surface area contributed by atoms with E-state index in [1.807, 2.05) is 0 Å². The number of para-hydroxylation sites is 1. The Morgan fingerprint density at radius 3 is 2.62 bits per heavy atom. The monoisotopic (exact) mass is 286 g/mol. The van der Waals surface area contributed by atoms with Crippen LogP contribution in [0, 0.1) is 0 Å². The summed E-state index contributed by atoms with van der Waals surface area (Å²) in [5.74, 6) is -0.195. The summed E-state index contributed by atoms with van der Waals surface area (Å²) in [5.41, 5.74) is 0.447. The number of methoxy groups -OCH3 is 1. The molecule has 5 heteroatoms. The number of benzene rings is 1. The minimum absolute atomic E-state index is 0.0968. The highest BCUT2D eigenvalue weighted by Gasteiger charge is 2.11. The van der Waals surface area contributed by atoms with Crippen LogP contribution >= 0.6 is 15.9 Å². The second-order valence-electron chi connectivity index (χ2n) is 2.92. The molecule has 0 saturated heterocycles.